The van der Waals surface area contributed by atoms with Crippen molar-refractivity contribution in [1.82, 2.24) is 9.88 Å². The molecule has 3 rings (SSSR count). The molecule has 0 spiro atoms. The van der Waals surface area contributed by atoms with Gasteiger partial charge in [0, 0.05) is 11.6 Å². The lowest BCUT2D eigenvalue weighted by atomic mass is 10.3. The van der Waals surface area contributed by atoms with Gasteiger partial charge in [-0.1, -0.05) is 43.6 Å². The number of benzene rings is 2. The predicted molar refractivity (Wildman–Crippen MR) is 112 cm³/mol. The fourth-order valence-electron chi connectivity index (χ4n) is 2.26. The second-order valence-corrected chi connectivity index (χ2v) is 7.50. The summed E-state index contributed by atoms with van der Waals surface area (Å²) in [7, 11) is 0. The van der Waals surface area contributed by atoms with E-state index in [1.807, 2.05) is 42.5 Å². The van der Waals surface area contributed by atoms with Gasteiger partial charge in [-0.3, -0.25) is 0 Å². The molecule has 0 aliphatic rings. The minimum Gasteiger partial charge on any atom is -0.492 e. The van der Waals surface area contributed by atoms with Gasteiger partial charge in [0.2, 0.25) is 0 Å². The van der Waals surface area contributed by atoms with E-state index in [9.17, 15) is 0 Å². The van der Waals surface area contributed by atoms with Gasteiger partial charge in [-0.05, 0) is 55.6 Å². The van der Waals surface area contributed by atoms with Gasteiger partial charge in [0.05, 0.1) is 10.2 Å². The van der Waals surface area contributed by atoms with E-state index in [4.69, 9.17) is 28.6 Å². The quantitative estimate of drug-likeness (QED) is 0.518. The predicted octanol–water partition coefficient (Wildman–Crippen LogP) is 6.02. The highest BCUT2D eigenvalue weighted by Gasteiger charge is 2.02. The summed E-state index contributed by atoms with van der Waals surface area (Å²) in [6.07, 6.45) is 0. The molecular weight excluding hydrogens is 372 g/mol. The van der Waals surface area contributed by atoms with Crippen molar-refractivity contribution in [2.24, 2.45) is 0 Å². The molecule has 0 aliphatic heterocycles. The third-order valence-corrected chi connectivity index (χ3v) is 5.15. The maximum atomic E-state index is 5.77. The fraction of sp³-hybridized carbons (Fsp3) is 0.316. The summed E-state index contributed by atoms with van der Waals surface area (Å²) >= 11 is 12.2. The van der Waals surface area contributed by atoms with Gasteiger partial charge in [-0.15, -0.1) is 11.3 Å². The van der Waals surface area contributed by atoms with E-state index < -0.39 is 0 Å². The fourth-order valence-corrected chi connectivity index (χ4v) is 3.55. The smallest absolute Gasteiger partial charge is 0.159 e. The molecule has 2 aromatic carbocycles. The minimum absolute atomic E-state index is 0.725. The number of halogens is 1. The maximum Gasteiger partial charge on any atom is 0.159 e. The summed E-state index contributed by atoms with van der Waals surface area (Å²) in [5, 5.41) is 0.794. The molecule has 0 amide bonds. The van der Waals surface area contributed by atoms with Crippen molar-refractivity contribution in [2.75, 3.05) is 26.2 Å². The molecule has 0 saturated carbocycles. The van der Waals surface area contributed by atoms with Gasteiger partial charge < -0.3 is 14.6 Å². The highest BCUT2D eigenvalue weighted by Crippen LogP contribution is 2.24. The number of ether oxygens (including phenoxy) is 1. The van der Waals surface area contributed by atoms with Crippen LogP contribution in [-0.2, 0) is 0 Å². The monoisotopic (exact) mass is 394 g/mol. The molecule has 1 heterocycles. The Balaban J connectivity index is 0.000000269. The summed E-state index contributed by atoms with van der Waals surface area (Å²) in [4.78, 5) is 5.49. The zero-order valence-electron chi connectivity index (χ0n) is 14.5. The average Bonchev–Trinajstić information content (AvgIpc) is 2.99. The molecule has 0 atom stereocenters. The molecule has 25 heavy (non-hydrogen) atoms. The molecule has 3 aromatic rings. The number of H-pyrrole nitrogens is 1. The molecule has 1 N–H and O–H groups in total. The van der Waals surface area contributed by atoms with Crippen LogP contribution in [0.1, 0.15) is 13.8 Å². The highest BCUT2D eigenvalue weighted by atomic mass is 35.5. The van der Waals surface area contributed by atoms with Crippen molar-refractivity contribution in [1.29, 1.82) is 0 Å². The first-order valence-electron chi connectivity index (χ1n) is 8.31. The topological polar surface area (TPSA) is 28.3 Å². The lowest BCUT2D eigenvalue weighted by molar-refractivity contribution is 0.223. The Labute approximate surface area is 163 Å². The number of hydrogen-bond acceptors (Lipinski definition) is 4. The zero-order chi connectivity index (χ0) is 18.1. The number of nitrogens with one attached hydrogen (secondary N) is 1. The SMILES string of the molecule is CCN(CC)CCOc1ccc2[nH]c(=S)sc2c1.Clc1ccccc1. The van der Waals surface area contributed by atoms with Crippen molar-refractivity contribution in [3.05, 3.63) is 57.5 Å². The Hall–Kier alpha value is -1.40. The van der Waals surface area contributed by atoms with Crippen molar-refractivity contribution >= 4 is 45.4 Å². The lowest BCUT2D eigenvalue weighted by Crippen LogP contribution is -2.27. The van der Waals surface area contributed by atoms with Crippen LogP contribution >= 0.6 is 35.2 Å². The first-order valence-corrected chi connectivity index (χ1v) is 9.91. The van der Waals surface area contributed by atoms with Crippen LogP contribution in [-0.4, -0.2) is 36.1 Å². The van der Waals surface area contributed by atoms with E-state index in [-0.39, 0.29) is 0 Å². The summed E-state index contributed by atoms with van der Waals surface area (Å²) in [6.45, 7) is 8.16. The van der Waals surface area contributed by atoms with Crippen molar-refractivity contribution in [3.8, 4) is 5.75 Å². The van der Waals surface area contributed by atoms with Crippen LogP contribution in [0.5, 0.6) is 5.75 Å². The van der Waals surface area contributed by atoms with Crippen molar-refractivity contribution in [3.63, 3.8) is 0 Å². The van der Waals surface area contributed by atoms with Gasteiger partial charge in [0.1, 0.15) is 12.4 Å². The lowest BCUT2D eigenvalue weighted by Gasteiger charge is -2.17. The van der Waals surface area contributed by atoms with Crippen LogP contribution in [0.25, 0.3) is 10.2 Å². The van der Waals surface area contributed by atoms with Crippen molar-refractivity contribution in [2.45, 2.75) is 13.8 Å². The molecule has 0 fully saturated rings. The molecule has 0 saturated heterocycles. The Morgan fingerprint density at radius 2 is 1.84 bits per heavy atom. The number of likely N-dealkylation sites (N-methyl/N-ethyl adjacent to an activating group) is 1. The summed E-state index contributed by atoms with van der Waals surface area (Å²) < 4.78 is 7.74. The molecular formula is C19H23ClN2OS2. The molecule has 0 bridgehead atoms. The van der Waals surface area contributed by atoms with E-state index in [1.54, 1.807) is 11.3 Å². The molecule has 3 nitrogen and oxygen atoms in total. The van der Waals surface area contributed by atoms with E-state index >= 15 is 0 Å². The number of thiazole rings is 1. The number of aromatic amines is 1. The first-order chi connectivity index (χ1) is 12.1. The second kappa shape index (κ2) is 10.6. The van der Waals surface area contributed by atoms with Gasteiger partial charge in [-0.25, -0.2) is 0 Å². The van der Waals surface area contributed by atoms with Crippen molar-refractivity contribution < 1.29 is 4.74 Å². The average molecular weight is 395 g/mol. The zero-order valence-corrected chi connectivity index (χ0v) is 16.9. The molecule has 0 radical (unpaired) electrons. The Morgan fingerprint density at radius 3 is 2.44 bits per heavy atom. The molecule has 134 valence electrons. The number of nitrogens with zero attached hydrogens (tertiary/aromatic N) is 1. The van der Waals surface area contributed by atoms with Gasteiger partial charge in [0.25, 0.3) is 0 Å². The summed E-state index contributed by atoms with van der Waals surface area (Å²) in [5.41, 5.74) is 1.08. The molecule has 0 aliphatic carbocycles. The number of aromatic nitrogens is 1. The minimum atomic E-state index is 0.725. The van der Waals surface area contributed by atoms with E-state index in [1.165, 1.54) is 0 Å². The Bertz CT molecular complexity index is 813. The van der Waals surface area contributed by atoms with E-state index in [0.29, 0.717) is 0 Å². The molecule has 0 unspecified atom stereocenters. The largest absolute Gasteiger partial charge is 0.492 e. The third kappa shape index (κ3) is 6.78. The molecule has 1 aromatic heterocycles. The number of hydrogen-bond donors (Lipinski definition) is 1. The van der Waals surface area contributed by atoms with Crippen LogP contribution in [0.4, 0.5) is 0 Å². The summed E-state index contributed by atoms with van der Waals surface area (Å²) in [5.74, 6) is 0.917. The summed E-state index contributed by atoms with van der Waals surface area (Å²) in [6, 6.07) is 15.5. The van der Waals surface area contributed by atoms with E-state index in [0.717, 1.165) is 51.2 Å². The van der Waals surface area contributed by atoms with Crippen LogP contribution in [0, 0.1) is 3.95 Å². The molecule has 6 heteroatoms. The highest BCUT2D eigenvalue weighted by molar-refractivity contribution is 7.73. The van der Waals surface area contributed by atoms with Gasteiger partial charge >= 0.3 is 0 Å². The Morgan fingerprint density at radius 1 is 1.12 bits per heavy atom. The standard InChI is InChI=1S/C13H18N2OS2.C6H5Cl/c1-3-15(4-2)7-8-16-10-5-6-11-12(9-10)18-13(17)14-11;7-6-4-2-1-3-5-6/h5-6,9H,3-4,7-8H2,1-2H3,(H,14,17);1-5H. The number of fused-ring (bicyclic) bond motifs is 1. The second-order valence-electron chi connectivity index (χ2n) is 5.34. The van der Waals surface area contributed by atoms with Crippen LogP contribution in [0.15, 0.2) is 48.5 Å². The number of rotatable bonds is 6. The van der Waals surface area contributed by atoms with Gasteiger partial charge in [0.15, 0.2) is 3.95 Å². The van der Waals surface area contributed by atoms with Gasteiger partial charge in [-0.2, -0.15) is 0 Å². The van der Waals surface area contributed by atoms with Crippen LogP contribution in [0.2, 0.25) is 5.02 Å². The van der Waals surface area contributed by atoms with E-state index in [2.05, 4.69) is 29.8 Å². The first kappa shape index (κ1) is 19.9. The normalized spacial score (nSPS) is 10.6. The van der Waals surface area contributed by atoms with Crippen LogP contribution in [0.3, 0.4) is 0 Å². The third-order valence-electron chi connectivity index (χ3n) is 3.70. The van der Waals surface area contributed by atoms with Crippen LogP contribution < -0.4 is 4.74 Å². The Kier molecular flexibility index (Phi) is 8.41. The maximum absolute atomic E-state index is 5.77.